The van der Waals surface area contributed by atoms with Crippen LogP contribution in [-0.2, 0) is 27.9 Å². The zero-order valence-corrected chi connectivity index (χ0v) is 35.1. The number of ether oxygens (including phenoxy) is 2. The van der Waals surface area contributed by atoms with Crippen molar-refractivity contribution in [2.45, 2.75) is 168 Å². The molecular formula is C45H78NO7P. The van der Waals surface area contributed by atoms with E-state index in [2.05, 4.69) is 74.6 Å². The molecule has 310 valence electrons. The van der Waals surface area contributed by atoms with Crippen molar-refractivity contribution in [3.8, 4) is 0 Å². The molecule has 0 aromatic rings. The molecule has 0 bridgehead atoms. The van der Waals surface area contributed by atoms with Gasteiger partial charge in [-0.1, -0.05) is 170 Å². The van der Waals surface area contributed by atoms with Crippen LogP contribution in [0.1, 0.15) is 162 Å². The summed E-state index contributed by atoms with van der Waals surface area (Å²) in [5.41, 5.74) is 5.35. The van der Waals surface area contributed by atoms with Crippen LogP contribution in [0.15, 0.2) is 85.3 Å². The maximum absolute atomic E-state index is 12.5. The number of phosphoric acid groups is 1. The maximum atomic E-state index is 12.5. The van der Waals surface area contributed by atoms with Crippen LogP contribution in [0.25, 0.3) is 0 Å². The summed E-state index contributed by atoms with van der Waals surface area (Å²) in [6.07, 6.45) is 54.2. The predicted molar refractivity (Wildman–Crippen MR) is 228 cm³/mol. The van der Waals surface area contributed by atoms with E-state index in [0.29, 0.717) is 6.42 Å². The van der Waals surface area contributed by atoms with Gasteiger partial charge in [-0.25, -0.2) is 4.57 Å². The molecule has 0 radical (unpaired) electrons. The molecule has 0 aliphatic rings. The predicted octanol–water partition coefficient (Wildman–Crippen LogP) is 12.9. The SMILES string of the molecule is CCC=CCC=CCC=CCC=CCC=CCC=CCCC(=O)OC(COC=CCCCCCCCCCCCCCCCC)COP(=O)(O)OCCN. The van der Waals surface area contributed by atoms with E-state index in [4.69, 9.17) is 24.3 Å². The van der Waals surface area contributed by atoms with E-state index in [0.717, 1.165) is 51.4 Å². The molecule has 54 heavy (non-hydrogen) atoms. The van der Waals surface area contributed by atoms with Gasteiger partial charge in [0.15, 0.2) is 6.10 Å². The highest BCUT2D eigenvalue weighted by atomic mass is 31.2. The van der Waals surface area contributed by atoms with E-state index in [9.17, 15) is 14.3 Å². The Morgan fingerprint density at radius 2 is 1.06 bits per heavy atom. The normalized spacial score (nSPS) is 14.3. The maximum Gasteiger partial charge on any atom is 0.472 e. The molecule has 2 unspecified atom stereocenters. The molecule has 3 N–H and O–H groups in total. The molecule has 0 fully saturated rings. The molecular weight excluding hydrogens is 697 g/mol. The van der Waals surface area contributed by atoms with Crippen molar-refractivity contribution < 1.29 is 32.8 Å². The second kappa shape index (κ2) is 41.7. The summed E-state index contributed by atoms with van der Waals surface area (Å²) in [6.45, 7) is 4.03. The smallest absolute Gasteiger partial charge is 0.472 e. The van der Waals surface area contributed by atoms with Gasteiger partial charge in [0.2, 0.25) is 0 Å². The molecule has 0 aromatic heterocycles. The molecule has 8 nitrogen and oxygen atoms in total. The van der Waals surface area contributed by atoms with Crippen LogP contribution < -0.4 is 5.73 Å². The summed E-state index contributed by atoms with van der Waals surface area (Å²) in [7, 11) is -4.32. The fourth-order valence-electron chi connectivity index (χ4n) is 5.34. The summed E-state index contributed by atoms with van der Waals surface area (Å²) < 4.78 is 33.1. The fourth-order valence-corrected chi connectivity index (χ4v) is 6.11. The Labute approximate surface area is 330 Å². The lowest BCUT2D eigenvalue weighted by molar-refractivity contribution is -0.153. The molecule has 0 heterocycles. The molecule has 0 rings (SSSR count). The van der Waals surface area contributed by atoms with Crippen LogP contribution >= 0.6 is 7.82 Å². The lowest BCUT2D eigenvalue weighted by Crippen LogP contribution is -2.27. The van der Waals surface area contributed by atoms with E-state index in [1.54, 1.807) is 6.26 Å². The number of nitrogens with two attached hydrogens (primary N) is 1. The van der Waals surface area contributed by atoms with Crippen molar-refractivity contribution in [1.29, 1.82) is 0 Å². The number of allylic oxidation sites excluding steroid dienone is 13. The Kier molecular flexibility index (Phi) is 39.8. The average Bonchev–Trinajstić information content (AvgIpc) is 3.16. The van der Waals surface area contributed by atoms with E-state index >= 15 is 0 Å². The third kappa shape index (κ3) is 40.7. The summed E-state index contributed by atoms with van der Waals surface area (Å²) in [6, 6.07) is 0. The molecule has 0 amide bonds. The first-order valence-corrected chi connectivity index (χ1v) is 22.6. The van der Waals surface area contributed by atoms with Gasteiger partial charge < -0.3 is 20.1 Å². The van der Waals surface area contributed by atoms with Crippen LogP contribution in [0.5, 0.6) is 0 Å². The number of esters is 1. The summed E-state index contributed by atoms with van der Waals surface area (Å²) in [4.78, 5) is 22.4. The highest BCUT2D eigenvalue weighted by Gasteiger charge is 2.25. The Morgan fingerprint density at radius 3 is 1.54 bits per heavy atom. The van der Waals surface area contributed by atoms with E-state index in [1.165, 1.54) is 83.5 Å². The third-order valence-electron chi connectivity index (χ3n) is 8.40. The zero-order valence-electron chi connectivity index (χ0n) is 34.2. The zero-order chi connectivity index (χ0) is 39.5. The Morgan fingerprint density at radius 1 is 0.593 bits per heavy atom. The van der Waals surface area contributed by atoms with Gasteiger partial charge in [0, 0.05) is 13.0 Å². The van der Waals surface area contributed by atoms with Crippen molar-refractivity contribution in [2.24, 2.45) is 5.73 Å². The summed E-state index contributed by atoms with van der Waals surface area (Å²) >= 11 is 0. The first-order chi connectivity index (χ1) is 26.4. The van der Waals surface area contributed by atoms with Crippen LogP contribution in [-0.4, -0.2) is 43.3 Å². The monoisotopic (exact) mass is 776 g/mol. The number of hydrogen-bond donors (Lipinski definition) is 2. The Hall–Kier alpha value is -2.48. The quantitative estimate of drug-likeness (QED) is 0.0208. The molecule has 0 aromatic carbocycles. The highest BCUT2D eigenvalue weighted by molar-refractivity contribution is 7.47. The minimum Gasteiger partial charge on any atom is -0.498 e. The standard InChI is InChI=1S/C45H78NO7P/c1-3-5-7-9-11-13-15-17-19-21-22-23-24-26-28-30-32-34-36-38-45(47)53-44(43-52-54(48,49)51-41-39-46)42-50-40-37-35-33-31-29-27-25-20-18-16-14-12-10-8-6-4-2/h5,7,11,13,17,19,22-23,26,28,32,34,37,40,44H,3-4,6,8-10,12,14-16,18,20-21,24-25,27,29-31,33,35-36,38-39,41-43,46H2,1-2H3,(H,48,49). The van der Waals surface area contributed by atoms with Gasteiger partial charge in [0.25, 0.3) is 0 Å². The van der Waals surface area contributed by atoms with Gasteiger partial charge in [0.1, 0.15) is 6.61 Å². The van der Waals surface area contributed by atoms with Crippen molar-refractivity contribution >= 4 is 13.8 Å². The lowest BCUT2D eigenvalue weighted by atomic mass is 10.0. The van der Waals surface area contributed by atoms with Gasteiger partial charge in [-0.05, 0) is 63.9 Å². The highest BCUT2D eigenvalue weighted by Crippen LogP contribution is 2.43. The molecule has 0 spiro atoms. The van der Waals surface area contributed by atoms with Crippen LogP contribution in [0.2, 0.25) is 0 Å². The molecule has 0 aliphatic heterocycles. The number of carbonyl (C=O) groups is 1. The minimum absolute atomic E-state index is 0.00220. The van der Waals surface area contributed by atoms with Crippen LogP contribution in [0.4, 0.5) is 0 Å². The number of rotatable bonds is 39. The topological polar surface area (TPSA) is 117 Å². The second-order valence-corrected chi connectivity index (χ2v) is 15.0. The molecule has 0 saturated carbocycles. The summed E-state index contributed by atoms with van der Waals surface area (Å²) in [5.74, 6) is -0.436. The van der Waals surface area contributed by atoms with Crippen molar-refractivity contribution in [1.82, 2.24) is 0 Å². The van der Waals surface area contributed by atoms with Gasteiger partial charge in [0.05, 0.1) is 19.5 Å². The largest absolute Gasteiger partial charge is 0.498 e. The van der Waals surface area contributed by atoms with E-state index < -0.39 is 19.9 Å². The van der Waals surface area contributed by atoms with Gasteiger partial charge in [-0.15, -0.1) is 0 Å². The second-order valence-electron chi connectivity index (χ2n) is 13.5. The number of carbonyl (C=O) groups excluding carboxylic acids is 1. The molecule has 2 atom stereocenters. The van der Waals surface area contributed by atoms with Crippen LogP contribution in [0.3, 0.4) is 0 Å². The van der Waals surface area contributed by atoms with Crippen molar-refractivity contribution in [3.63, 3.8) is 0 Å². The van der Waals surface area contributed by atoms with Gasteiger partial charge in [-0.2, -0.15) is 0 Å². The minimum atomic E-state index is -4.32. The van der Waals surface area contributed by atoms with Crippen LogP contribution in [0, 0.1) is 0 Å². The third-order valence-corrected chi connectivity index (χ3v) is 9.39. The van der Waals surface area contributed by atoms with Gasteiger partial charge in [-0.3, -0.25) is 13.8 Å². The molecule has 0 saturated heterocycles. The average molecular weight is 776 g/mol. The first kappa shape index (κ1) is 51.5. The number of hydrogen-bond acceptors (Lipinski definition) is 7. The van der Waals surface area contributed by atoms with E-state index in [-0.39, 0.29) is 32.8 Å². The Balaban J connectivity index is 4.25. The molecule has 9 heteroatoms. The van der Waals surface area contributed by atoms with Crippen molar-refractivity contribution in [2.75, 3.05) is 26.4 Å². The number of unbranched alkanes of at least 4 members (excludes halogenated alkanes) is 14. The fraction of sp³-hybridized carbons (Fsp3) is 0.667. The summed E-state index contributed by atoms with van der Waals surface area (Å²) in [5, 5.41) is 0. The first-order valence-electron chi connectivity index (χ1n) is 21.1. The Bertz CT molecular complexity index is 1100. The van der Waals surface area contributed by atoms with Gasteiger partial charge >= 0.3 is 13.8 Å². The molecule has 0 aliphatic carbocycles. The van der Waals surface area contributed by atoms with Crippen molar-refractivity contribution in [3.05, 3.63) is 85.3 Å². The number of phosphoric ester groups is 1. The van der Waals surface area contributed by atoms with E-state index in [1.807, 2.05) is 18.2 Å². The lowest BCUT2D eigenvalue weighted by Gasteiger charge is -2.19.